The number of hydrogen-bond acceptors (Lipinski definition) is 5. The number of carbonyl (C=O) groups is 2. The molecule has 6 nitrogen and oxygen atoms in total. The van der Waals surface area contributed by atoms with Crippen molar-refractivity contribution in [1.82, 2.24) is 10.1 Å². The highest BCUT2D eigenvalue weighted by Gasteiger charge is 2.39. The van der Waals surface area contributed by atoms with E-state index in [1.807, 2.05) is 11.0 Å². The number of fused-ring (bicyclic) bond motifs is 1. The third-order valence-electron chi connectivity index (χ3n) is 5.06. The van der Waals surface area contributed by atoms with Crippen molar-refractivity contribution < 1.29 is 18.8 Å². The minimum Gasteiger partial charge on any atom is -0.461 e. The molecule has 1 aliphatic carbocycles. The van der Waals surface area contributed by atoms with Gasteiger partial charge in [0.25, 0.3) is 5.91 Å². The molecule has 136 valence electrons. The number of amides is 1. The van der Waals surface area contributed by atoms with E-state index in [1.54, 1.807) is 13.0 Å². The van der Waals surface area contributed by atoms with Gasteiger partial charge in [-0.3, -0.25) is 4.79 Å². The van der Waals surface area contributed by atoms with Crippen LogP contribution >= 0.6 is 11.6 Å². The van der Waals surface area contributed by atoms with E-state index in [2.05, 4.69) is 12.1 Å². The van der Waals surface area contributed by atoms with Gasteiger partial charge in [-0.05, 0) is 50.3 Å². The molecule has 2 heterocycles. The largest absolute Gasteiger partial charge is 0.461 e. The average molecular weight is 375 g/mol. The predicted molar refractivity (Wildman–Crippen MR) is 95.0 cm³/mol. The highest BCUT2D eigenvalue weighted by molar-refractivity contribution is 6.34. The van der Waals surface area contributed by atoms with Gasteiger partial charge >= 0.3 is 5.97 Å². The molecule has 1 saturated carbocycles. The first-order valence-corrected chi connectivity index (χ1v) is 9.15. The molecule has 0 saturated heterocycles. The van der Waals surface area contributed by atoms with Crippen LogP contribution in [0.15, 0.2) is 22.7 Å². The smallest absolute Gasteiger partial charge is 0.360 e. The first-order valence-electron chi connectivity index (χ1n) is 8.77. The summed E-state index contributed by atoms with van der Waals surface area (Å²) in [6.45, 7) is 4.63. The summed E-state index contributed by atoms with van der Waals surface area (Å²) >= 11 is 6.40. The molecule has 2 aromatic rings. The number of rotatable bonds is 5. The second kappa shape index (κ2) is 6.43. The lowest BCUT2D eigenvalue weighted by molar-refractivity contribution is 0.0514. The standard InChI is InChI=1S/C19H19ClN2O4/c1-3-25-19(24)15-8-16(26-21-15)12-6-13-9-22(10(2)11-4-5-11)18(23)17(13)14(20)7-12/h6-8,10-11H,3-5,9H2,1-2H3. The van der Waals surface area contributed by atoms with Crippen LogP contribution in [0.3, 0.4) is 0 Å². The number of carbonyl (C=O) groups excluding carboxylic acids is 2. The zero-order valence-electron chi connectivity index (χ0n) is 14.6. The molecular weight excluding hydrogens is 356 g/mol. The summed E-state index contributed by atoms with van der Waals surface area (Å²) in [7, 11) is 0. The molecule has 1 aromatic carbocycles. The highest BCUT2D eigenvalue weighted by Crippen LogP contribution is 2.40. The summed E-state index contributed by atoms with van der Waals surface area (Å²) in [6, 6.07) is 5.31. The van der Waals surface area contributed by atoms with Gasteiger partial charge in [-0.25, -0.2) is 4.79 Å². The molecular formula is C19H19ClN2O4. The van der Waals surface area contributed by atoms with Gasteiger partial charge in [-0.2, -0.15) is 0 Å². The van der Waals surface area contributed by atoms with Gasteiger partial charge in [-0.1, -0.05) is 16.8 Å². The summed E-state index contributed by atoms with van der Waals surface area (Å²) in [6.07, 6.45) is 2.35. The van der Waals surface area contributed by atoms with Crippen LogP contribution in [0.5, 0.6) is 0 Å². The Hall–Kier alpha value is -2.34. The van der Waals surface area contributed by atoms with E-state index in [9.17, 15) is 9.59 Å². The molecule has 0 radical (unpaired) electrons. The van der Waals surface area contributed by atoms with Gasteiger partial charge in [0, 0.05) is 24.2 Å². The summed E-state index contributed by atoms with van der Waals surface area (Å²) in [4.78, 5) is 26.4. The fourth-order valence-electron chi connectivity index (χ4n) is 3.44. The van der Waals surface area contributed by atoms with E-state index in [0.717, 1.165) is 5.56 Å². The molecule has 1 amide bonds. The van der Waals surface area contributed by atoms with Gasteiger partial charge in [0.2, 0.25) is 0 Å². The monoisotopic (exact) mass is 374 g/mol. The fourth-order valence-corrected chi connectivity index (χ4v) is 3.76. The summed E-state index contributed by atoms with van der Waals surface area (Å²) in [5.41, 5.74) is 2.23. The zero-order chi connectivity index (χ0) is 18.4. The Bertz CT molecular complexity index is 888. The molecule has 0 N–H and O–H groups in total. The number of esters is 1. The Morgan fingerprint density at radius 3 is 2.88 bits per heavy atom. The molecule has 0 bridgehead atoms. The Morgan fingerprint density at radius 2 is 2.19 bits per heavy atom. The van der Waals surface area contributed by atoms with Crippen molar-refractivity contribution in [2.75, 3.05) is 6.61 Å². The van der Waals surface area contributed by atoms with Crippen molar-refractivity contribution in [2.24, 2.45) is 5.92 Å². The van der Waals surface area contributed by atoms with Crippen molar-refractivity contribution in [1.29, 1.82) is 0 Å². The molecule has 1 fully saturated rings. The summed E-state index contributed by atoms with van der Waals surface area (Å²) < 4.78 is 10.2. The Kier molecular flexibility index (Phi) is 4.23. The van der Waals surface area contributed by atoms with Gasteiger partial charge in [-0.15, -0.1) is 0 Å². The van der Waals surface area contributed by atoms with Crippen molar-refractivity contribution >= 4 is 23.5 Å². The lowest BCUT2D eigenvalue weighted by Crippen LogP contribution is -2.34. The van der Waals surface area contributed by atoms with Crippen LogP contribution in [0.1, 0.15) is 53.1 Å². The predicted octanol–water partition coefficient (Wildman–Crippen LogP) is 3.93. The fraction of sp³-hybridized carbons (Fsp3) is 0.421. The maximum absolute atomic E-state index is 12.7. The molecule has 0 spiro atoms. The van der Waals surface area contributed by atoms with Gasteiger partial charge in [0.05, 0.1) is 17.2 Å². The normalized spacial score (nSPS) is 17.3. The van der Waals surface area contributed by atoms with E-state index in [-0.39, 0.29) is 24.2 Å². The van der Waals surface area contributed by atoms with Gasteiger partial charge in [0.15, 0.2) is 11.5 Å². The van der Waals surface area contributed by atoms with Crippen LogP contribution in [-0.2, 0) is 11.3 Å². The topological polar surface area (TPSA) is 72.6 Å². The second-order valence-corrected chi connectivity index (χ2v) is 7.21. The quantitative estimate of drug-likeness (QED) is 0.741. The van der Waals surface area contributed by atoms with E-state index in [1.165, 1.54) is 18.9 Å². The summed E-state index contributed by atoms with van der Waals surface area (Å²) in [5.74, 6) is 0.460. The Balaban J connectivity index is 1.64. The minimum atomic E-state index is -0.533. The minimum absolute atomic E-state index is 0.0132. The number of ether oxygens (including phenoxy) is 1. The molecule has 1 aliphatic heterocycles. The third-order valence-corrected chi connectivity index (χ3v) is 5.36. The van der Waals surface area contributed by atoms with Gasteiger partial charge in [0.1, 0.15) is 0 Å². The van der Waals surface area contributed by atoms with E-state index >= 15 is 0 Å². The molecule has 7 heteroatoms. The SMILES string of the molecule is CCOC(=O)c1cc(-c2cc(Cl)c3c(c2)CN(C(C)C2CC2)C3=O)on1. The van der Waals surface area contributed by atoms with E-state index in [0.29, 0.717) is 34.4 Å². The molecule has 1 atom stereocenters. The van der Waals surface area contributed by atoms with Crippen LogP contribution < -0.4 is 0 Å². The van der Waals surface area contributed by atoms with Gasteiger partial charge < -0.3 is 14.2 Å². The van der Waals surface area contributed by atoms with Crippen LogP contribution in [0, 0.1) is 5.92 Å². The van der Waals surface area contributed by atoms with Crippen molar-refractivity contribution in [3.8, 4) is 11.3 Å². The number of hydrogen-bond donors (Lipinski definition) is 0. The molecule has 1 unspecified atom stereocenters. The maximum atomic E-state index is 12.7. The molecule has 26 heavy (non-hydrogen) atoms. The first kappa shape index (κ1) is 17.1. The van der Waals surface area contributed by atoms with Crippen molar-refractivity contribution in [3.05, 3.63) is 40.0 Å². The Morgan fingerprint density at radius 1 is 1.42 bits per heavy atom. The summed E-state index contributed by atoms with van der Waals surface area (Å²) in [5, 5.41) is 4.14. The number of aromatic nitrogens is 1. The average Bonchev–Trinajstić information content (AvgIpc) is 3.24. The molecule has 4 rings (SSSR count). The Labute approximate surface area is 156 Å². The third kappa shape index (κ3) is 2.88. The van der Waals surface area contributed by atoms with E-state index < -0.39 is 5.97 Å². The van der Waals surface area contributed by atoms with Crippen LogP contribution in [0.4, 0.5) is 0 Å². The van der Waals surface area contributed by atoms with Crippen molar-refractivity contribution in [2.45, 2.75) is 39.3 Å². The lowest BCUT2D eigenvalue weighted by atomic mass is 10.0. The number of nitrogens with zero attached hydrogens (tertiary/aromatic N) is 2. The molecule has 1 aromatic heterocycles. The van der Waals surface area contributed by atoms with Crippen LogP contribution in [0.25, 0.3) is 11.3 Å². The highest BCUT2D eigenvalue weighted by atomic mass is 35.5. The maximum Gasteiger partial charge on any atom is 0.360 e. The molecule has 2 aliphatic rings. The first-order chi connectivity index (χ1) is 12.5. The lowest BCUT2D eigenvalue weighted by Gasteiger charge is -2.23. The van der Waals surface area contributed by atoms with Crippen molar-refractivity contribution in [3.63, 3.8) is 0 Å². The second-order valence-electron chi connectivity index (χ2n) is 6.80. The number of benzene rings is 1. The van der Waals surface area contributed by atoms with E-state index in [4.69, 9.17) is 20.9 Å². The zero-order valence-corrected chi connectivity index (χ0v) is 15.4. The van der Waals surface area contributed by atoms with Crippen LogP contribution in [-0.4, -0.2) is 34.6 Å². The van der Waals surface area contributed by atoms with Crippen LogP contribution in [0.2, 0.25) is 5.02 Å². The number of halogens is 1.